The van der Waals surface area contributed by atoms with Crippen LogP contribution in [0.15, 0.2) is 24.3 Å². The van der Waals surface area contributed by atoms with Crippen LogP contribution in [0.1, 0.15) is 43.3 Å². The van der Waals surface area contributed by atoms with Gasteiger partial charge in [-0.1, -0.05) is 24.3 Å². The highest BCUT2D eigenvalue weighted by Gasteiger charge is 2.45. The molecule has 1 aromatic carbocycles. The van der Waals surface area contributed by atoms with Crippen LogP contribution in [-0.2, 0) is 23.5 Å². The zero-order valence-electron chi connectivity index (χ0n) is 13.1. The zero-order valence-corrected chi connectivity index (χ0v) is 13.1. The van der Waals surface area contributed by atoms with Gasteiger partial charge in [-0.15, -0.1) is 5.10 Å². The quantitative estimate of drug-likeness (QED) is 0.866. The van der Waals surface area contributed by atoms with E-state index in [9.17, 15) is 0 Å². The van der Waals surface area contributed by atoms with Crippen molar-refractivity contribution in [2.75, 3.05) is 13.1 Å². The number of rotatable bonds is 3. The summed E-state index contributed by atoms with van der Waals surface area (Å²) in [5.41, 5.74) is 2.56. The van der Waals surface area contributed by atoms with Gasteiger partial charge in [0.1, 0.15) is 5.60 Å². The standard InChI is InChI=1S/C16H21N5O/c1-12(2)21-15(17-18-19-21)9-20-8-7-16(11-20)14-6-4-3-5-13(14)10-22-16/h3-6,12H,7-11H2,1-2H3. The lowest BCUT2D eigenvalue weighted by molar-refractivity contribution is -0.0301. The smallest absolute Gasteiger partial charge is 0.165 e. The Balaban J connectivity index is 1.53. The first-order valence-electron chi connectivity index (χ1n) is 7.89. The molecule has 1 fully saturated rings. The maximum Gasteiger partial charge on any atom is 0.165 e. The minimum absolute atomic E-state index is 0.132. The Bertz CT molecular complexity index is 683. The van der Waals surface area contributed by atoms with Crippen LogP contribution in [0.2, 0.25) is 0 Å². The molecule has 0 amide bonds. The van der Waals surface area contributed by atoms with Crippen molar-refractivity contribution in [1.82, 2.24) is 25.1 Å². The summed E-state index contributed by atoms with van der Waals surface area (Å²) in [6.07, 6.45) is 1.03. The third kappa shape index (κ3) is 2.14. The van der Waals surface area contributed by atoms with Gasteiger partial charge in [0.25, 0.3) is 0 Å². The summed E-state index contributed by atoms with van der Waals surface area (Å²) >= 11 is 0. The number of aromatic nitrogens is 4. The van der Waals surface area contributed by atoms with Crippen molar-refractivity contribution in [3.8, 4) is 0 Å². The molecule has 1 spiro atoms. The summed E-state index contributed by atoms with van der Waals surface area (Å²) in [6, 6.07) is 8.86. The van der Waals surface area contributed by atoms with Gasteiger partial charge in [0.15, 0.2) is 5.82 Å². The molecule has 116 valence electrons. The van der Waals surface area contributed by atoms with Crippen molar-refractivity contribution < 1.29 is 4.74 Å². The van der Waals surface area contributed by atoms with E-state index in [1.165, 1.54) is 11.1 Å². The fourth-order valence-corrected chi connectivity index (χ4v) is 3.63. The number of hydrogen-bond acceptors (Lipinski definition) is 5. The van der Waals surface area contributed by atoms with Gasteiger partial charge in [0, 0.05) is 13.1 Å². The zero-order chi connectivity index (χ0) is 15.2. The fraction of sp³-hybridized carbons (Fsp3) is 0.562. The largest absolute Gasteiger partial charge is 0.364 e. The normalized spacial score (nSPS) is 24.5. The number of fused-ring (bicyclic) bond motifs is 2. The van der Waals surface area contributed by atoms with E-state index < -0.39 is 0 Å². The molecule has 22 heavy (non-hydrogen) atoms. The molecule has 6 heteroatoms. The van der Waals surface area contributed by atoms with E-state index >= 15 is 0 Å². The van der Waals surface area contributed by atoms with Crippen LogP contribution < -0.4 is 0 Å². The van der Waals surface area contributed by atoms with Gasteiger partial charge in [-0.05, 0) is 41.8 Å². The van der Waals surface area contributed by atoms with Crippen LogP contribution in [0, 0.1) is 0 Å². The topological polar surface area (TPSA) is 56.1 Å². The third-order valence-electron chi connectivity index (χ3n) is 4.74. The van der Waals surface area contributed by atoms with E-state index in [4.69, 9.17) is 4.74 Å². The third-order valence-corrected chi connectivity index (χ3v) is 4.74. The molecule has 1 saturated heterocycles. The number of benzene rings is 1. The average molecular weight is 299 g/mol. The van der Waals surface area contributed by atoms with Crippen LogP contribution >= 0.6 is 0 Å². The first-order valence-corrected chi connectivity index (χ1v) is 7.89. The molecule has 1 aromatic heterocycles. The molecule has 1 atom stereocenters. The second-order valence-corrected chi connectivity index (χ2v) is 6.53. The minimum Gasteiger partial charge on any atom is -0.364 e. The number of likely N-dealkylation sites (tertiary alicyclic amines) is 1. The number of nitrogens with zero attached hydrogens (tertiary/aromatic N) is 5. The Morgan fingerprint density at radius 2 is 2.18 bits per heavy atom. The Labute approximate surface area is 130 Å². The Kier molecular flexibility index (Phi) is 3.23. The first kappa shape index (κ1) is 13.8. The highest BCUT2D eigenvalue weighted by molar-refractivity contribution is 5.36. The van der Waals surface area contributed by atoms with E-state index in [2.05, 4.69) is 58.5 Å². The van der Waals surface area contributed by atoms with Crippen molar-refractivity contribution in [2.45, 2.75) is 45.1 Å². The molecule has 0 saturated carbocycles. The Hall–Kier alpha value is -1.79. The lowest BCUT2D eigenvalue weighted by Crippen LogP contribution is -2.31. The summed E-state index contributed by atoms with van der Waals surface area (Å²) < 4.78 is 8.10. The molecule has 0 bridgehead atoms. The molecule has 1 unspecified atom stereocenters. The summed E-state index contributed by atoms with van der Waals surface area (Å²) in [7, 11) is 0. The van der Waals surface area contributed by atoms with Crippen molar-refractivity contribution in [3.05, 3.63) is 41.2 Å². The van der Waals surface area contributed by atoms with Crippen molar-refractivity contribution in [1.29, 1.82) is 0 Å². The maximum absolute atomic E-state index is 6.20. The van der Waals surface area contributed by atoms with Gasteiger partial charge in [-0.25, -0.2) is 4.68 Å². The van der Waals surface area contributed by atoms with Gasteiger partial charge >= 0.3 is 0 Å². The number of tetrazole rings is 1. The van der Waals surface area contributed by atoms with E-state index in [-0.39, 0.29) is 11.6 Å². The Morgan fingerprint density at radius 1 is 1.32 bits per heavy atom. The lowest BCUT2D eigenvalue weighted by Gasteiger charge is -2.24. The molecule has 2 aliphatic heterocycles. The summed E-state index contributed by atoms with van der Waals surface area (Å²) in [4.78, 5) is 2.40. The molecule has 2 aliphatic rings. The van der Waals surface area contributed by atoms with E-state index in [1.54, 1.807) is 0 Å². The number of ether oxygens (including phenoxy) is 1. The van der Waals surface area contributed by atoms with Gasteiger partial charge < -0.3 is 4.74 Å². The molecule has 0 N–H and O–H groups in total. The van der Waals surface area contributed by atoms with E-state index in [1.807, 2.05) is 4.68 Å². The predicted molar refractivity (Wildman–Crippen MR) is 81.0 cm³/mol. The van der Waals surface area contributed by atoms with Gasteiger partial charge in [0.05, 0.1) is 19.2 Å². The van der Waals surface area contributed by atoms with Crippen LogP contribution in [0.5, 0.6) is 0 Å². The molecule has 0 aliphatic carbocycles. The van der Waals surface area contributed by atoms with Gasteiger partial charge in [-0.2, -0.15) is 0 Å². The van der Waals surface area contributed by atoms with Crippen molar-refractivity contribution in [2.24, 2.45) is 0 Å². The molecular weight excluding hydrogens is 278 g/mol. The number of hydrogen-bond donors (Lipinski definition) is 0. The van der Waals surface area contributed by atoms with Gasteiger partial charge in [-0.3, -0.25) is 4.90 Å². The van der Waals surface area contributed by atoms with Crippen molar-refractivity contribution >= 4 is 0 Å². The highest BCUT2D eigenvalue weighted by atomic mass is 16.5. The lowest BCUT2D eigenvalue weighted by atomic mass is 9.92. The maximum atomic E-state index is 6.20. The second kappa shape index (κ2) is 5.14. The van der Waals surface area contributed by atoms with Crippen molar-refractivity contribution in [3.63, 3.8) is 0 Å². The molecular formula is C16H21N5O. The summed E-state index contributed by atoms with van der Waals surface area (Å²) in [5.74, 6) is 0.929. The predicted octanol–water partition coefficient (Wildman–Crippen LogP) is 1.89. The van der Waals surface area contributed by atoms with Crippen LogP contribution in [-0.4, -0.2) is 38.2 Å². The molecule has 0 radical (unpaired) electrons. The summed E-state index contributed by atoms with van der Waals surface area (Å²) in [6.45, 7) is 7.63. The summed E-state index contributed by atoms with van der Waals surface area (Å²) in [5, 5.41) is 12.1. The fourth-order valence-electron chi connectivity index (χ4n) is 3.63. The minimum atomic E-state index is -0.132. The average Bonchev–Trinajstić information content (AvgIpc) is 3.21. The first-order chi connectivity index (χ1) is 10.7. The van der Waals surface area contributed by atoms with E-state index in [0.717, 1.165) is 38.5 Å². The van der Waals surface area contributed by atoms with E-state index in [0.29, 0.717) is 0 Å². The second-order valence-electron chi connectivity index (χ2n) is 6.53. The SMILES string of the molecule is CC(C)n1nnnc1CN1CCC2(C1)OCc1ccccc12. The monoisotopic (exact) mass is 299 g/mol. The van der Waals surface area contributed by atoms with Gasteiger partial charge in [0.2, 0.25) is 0 Å². The van der Waals surface area contributed by atoms with Crippen LogP contribution in [0.4, 0.5) is 0 Å². The molecule has 6 nitrogen and oxygen atoms in total. The van der Waals surface area contributed by atoms with Crippen LogP contribution in [0.25, 0.3) is 0 Å². The molecule has 4 rings (SSSR count). The molecule has 2 aromatic rings. The Morgan fingerprint density at radius 3 is 3.05 bits per heavy atom. The highest BCUT2D eigenvalue weighted by Crippen LogP contribution is 2.43. The molecule has 3 heterocycles. The van der Waals surface area contributed by atoms with Crippen LogP contribution in [0.3, 0.4) is 0 Å².